The molecule has 5 aromatic rings. The first-order chi connectivity index (χ1) is 19.4. The van der Waals surface area contributed by atoms with Crippen LogP contribution in [0.4, 0.5) is 0 Å². The topological polar surface area (TPSA) is 111 Å². The Morgan fingerprint density at radius 1 is 1.10 bits per heavy atom. The highest BCUT2D eigenvalue weighted by Gasteiger charge is 2.33. The summed E-state index contributed by atoms with van der Waals surface area (Å²) in [5.41, 5.74) is 10.6. The summed E-state index contributed by atoms with van der Waals surface area (Å²) in [5.74, 6) is 0.586. The number of rotatable bonds is 7. The number of nitrogens with two attached hydrogens (primary N) is 1. The average molecular weight is 551 g/mol. The van der Waals surface area contributed by atoms with Gasteiger partial charge in [0.2, 0.25) is 11.8 Å². The van der Waals surface area contributed by atoms with Crippen molar-refractivity contribution in [2.75, 3.05) is 6.54 Å². The van der Waals surface area contributed by atoms with E-state index in [1.807, 2.05) is 90.9 Å². The molecule has 6 rings (SSSR count). The van der Waals surface area contributed by atoms with E-state index < -0.39 is 5.54 Å². The molecule has 0 spiro atoms. The summed E-state index contributed by atoms with van der Waals surface area (Å²) in [6.45, 7) is 4.54. The van der Waals surface area contributed by atoms with Gasteiger partial charge in [0.1, 0.15) is 5.01 Å². The van der Waals surface area contributed by atoms with Crippen molar-refractivity contribution in [3.63, 3.8) is 0 Å². The monoisotopic (exact) mass is 550 g/mol. The molecule has 2 unspecified atom stereocenters. The van der Waals surface area contributed by atoms with E-state index >= 15 is 0 Å². The summed E-state index contributed by atoms with van der Waals surface area (Å²) in [6.07, 6.45) is 4.11. The van der Waals surface area contributed by atoms with E-state index in [2.05, 4.69) is 20.2 Å². The maximum Gasteiger partial charge on any atom is 0.254 e. The van der Waals surface area contributed by atoms with E-state index in [4.69, 9.17) is 10.2 Å². The molecule has 0 aliphatic carbocycles. The maximum absolute atomic E-state index is 14.0. The van der Waals surface area contributed by atoms with Gasteiger partial charge in [-0.05, 0) is 69.0 Å². The van der Waals surface area contributed by atoms with E-state index in [9.17, 15) is 4.79 Å². The van der Waals surface area contributed by atoms with E-state index in [0.29, 0.717) is 35.9 Å². The van der Waals surface area contributed by atoms with Crippen LogP contribution >= 0.6 is 11.3 Å². The molecule has 3 aromatic heterocycles. The van der Waals surface area contributed by atoms with Gasteiger partial charge >= 0.3 is 0 Å². The minimum Gasteiger partial charge on any atom is -0.419 e. The van der Waals surface area contributed by atoms with Gasteiger partial charge in [-0.25, -0.2) is 4.98 Å². The molecular formula is C31H30N6O2S. The Kier molecular flexibility index (Phi) is 7.00. The number of hydrogen-bond donors (Lipinski definition) is 1. The molecule has 4 heterocycles. The molecule has 2 aromatic carbocycles. The fourth-order valence-electron chi connectivity index (χ4n) is 5.18. The second-order valence-corrected chi connectivity index (χ2v) is 11.4. The third kappa shape index (κ3) is 5.30. The number of carbonyl (C=O) groups excluding carboxylic acids is 1. The van der Waals surface area contributed by atoms with Gasteiger partial charge in [-0.3, -0.25) is 9.78 Å². The van der Waals surface area contributed by atoms with Crippen LogP contribution in [0.5, 0.6) is 0 Å². The molecule has 1 amide bonds. The summed E-state index contributed by atoms with van der Waals surface area (Å²) in [7, 11) is 0. The molecule has 1 fully saturated rings. The number of carbonyl (C=O) groups is 1. The van der Waals surface area contributed by atoms with Gasteiger partial charge in [0, 0.05) is 40.5 Å². The number of aromatic nitrogens is 4. The van der Waals surface area contributed by atoms with Gasteiger partial charge in [0.15, 0.2) is 0 Å². The lowest BCUT2D eigenvalue weighted by Crippen LogP contribution is -2.35. The van der Waals surface area contributed by atoms with Crippen molar-refractivity contribution < 1.29 is 9.21 Å². The number of amides is 1. The normalized spacial score (nSPS) is 16.7. The second-order valence-electron chi connectivity index (χ2n) is 10.5. The summed E-state index contributed by atoms with van der Waals surface area (Å²) in [6, 6.07) is 21.3. The fourth-order valence-corrected chi connectivity index (χ4v) is 6.12. The van der Waals surface area contributed by atoms with Crippen molar-refractivity contribution in [1.29, 1.82) is 0 Å². The quantitative estimate of drug-likeness (QED) is 0.266. The van der Waals surface area contributed by atoms with Crippen LogP contribution in [0, 0.1) is 6.92 Å². The Morgan fingerprint density at radius 3 is 2.65 bits per heavy atom. The number of pyridine rings is 1. The van der Waals surface area contributed by atoms with Crippen LogP contribution in [0.25, 0.3) is 22.7 Å². The second kappa shape index (κ2) is 10.7. The van der Waals surface area contributed by atoms with Gasteiger partial charge in [-0.15, -0.1) is 21.5 Å². The highest BCUT2D eigenvalue weighted by molar-refractivity contribution is 7.09. The lowest BCUT2D eigenvalue weighted by atomic mass is 9.94. The molecule has 9 heteroatoms. The predicted octanol–water partition coefficient (Wildman–Crippen LogP) is 5.96. The van der Waals surface area contributed by atoms with Crippen molar-refractivity contribution in [3.8, 4) is 22.7 Å². The zero-order chi connectivity index (χ0) is 27.7. The van der Waals surface area contributed by atoms with Crippen molar-refractivity contribution in [2.24, 2.45) is 5.73 Å². The summed E-state index contributed by atoms with van der Waals surface area (Å²) >= 11 is 1.61. The molecule has 1 saturated heterocycles. The third-order valence-corrected chi connectivity index (χ3v) is 8.21. The summed E-state index contributed by atoms with van der Waals surface area (Å²) in [5, 5.41) is 11.7. The van der Waals surface area contributed by atoms with Crippen LogP contribution in [0.3, 0.4) is 0 Å². The Balaban J connectivity index is 1.36. The molecule has 202 valence electrons. The van der Waals surface area contributed by atoms with Crippen LogP contribution in [0.15, 0.2) is 82.7 Å². The van der Waals surface area contributed by atoms with E-state index in [-0.39, 0.29) is 11.9 Å². The van der Waals surface area contributed by atoms with Gasteiger partial charge in [0.05, 0.1) is 17.3 Å². The molecule has 0 radical (unpaired) electrons. The van der Waals surface area contributed by atoms with E-state index in [0.717, 1.165) is 40.4 Å². The Hall–Kier alpha value is -4.21. The predicted molar refractivity (Wildman–Crippen MR) is 155 cm³/mol. The number of benzene rings is 2. The lowest BCUT2D eigenvalue weighted by Gasteiger charge is -2.23. The zero-order valence-corrected chi connectivity index (χ0v) is 23.3. The van der Waals surface area contributed by atoms with Gasteiger partial charge in [-0.2, -0.15) is 0 Å². The largest absolute Gasteiger partial charge is 0.419 e. The fraction of sp³-hybridized carbons (Fsp3) is 0.258. The highest BCUT2D eigenvalue weighted by Crippen LogP contribution is 2.36. The van der Waals surface area contributed by atoms with Crippen molar-refractivity contribution >= 4 is 17.2 Å². The van der Waals surface area contributed by atoms with Crippen LogP contribution in [0.2, 0.25) is 0 Å². The number of nitrogens with zero attached hydrogens (tertiary/aromatic N) is 5. The maximum atomic E-state index is 14.0. The molecule has 2 N–H and O–H groups in total. The Morgan fingerprint density at radius 2 is 1.90 bits per heavy atom. The first-order valence-corrected chi connectivity index (χ1v) is 14.2. The molecule has 1 aliphatic rings. The van der Waals surface area contributed by atoms with Crippen molar-refractivity contribution in [2.45, 2.75) is 44.7 Å². The SMILES string of the molecule is Cc1csc(C2CCCN2C(=O)c2cc(-c3ccccn3)cc(-c3nnc(C(C)(N)Cc4ccccc4)o3)c2)n1. The Labute approximate surface area is 236 Å². The smallest absolute Gasteiger partial charge is 0.254 e. The van der Waals surface area contributed by atoms with Crippen LogP contribution < -0.4 is 5.73 Å². The summed E-state index contributed by atoms with van der Waals surface area (Å²) in [4.78, 5) is 25.1. The molecule has 0 bridgehead atoms. The van der Waals surface area contributed by atoms with Gasteiger partial charge in [-0.1, -0.05) is 36.4 Å². The van der Waals surface area contributed by atoms with Gasteiger partial charge < -0.3 is 15.1 Å². The molecular weight excluding hydrogens is 520 g/mol. The van der Waals surface area contributed by atoms with Gasteiger partial charge in [0.25, 0.3) is 5.91 Å². The molecule has 8 nitrogen and oxygen atoms in total. The zero-order valence-electron chi connectivity index (χ0n) is 22.4. The van der Waals surface area contributed by atoms with E-state index in [1.54, 1.807) is 17.5 Å². The molecule has 0 saturated carbocycles. The van der Waals surface area contributed by atoms with E-state index in [1.165, 1.54) is 0 Å². The number of likely N-dealkylation sites (tertiary alicyclic amines) is 1. The summed E-state index contributed by atoms with van der Waals surface area (Å²) < 4.78 is 6.15. The first kappa shape index (κ1) is 26.0. The van der Waals surface area contributed by atoms with Crippen LogP contribution in [0.1, 0.15) is 58.3 Å². The standard InChI is InChI=1S/C31H30N6O2S/c1-20-19-40-28(34-20)26-12-8-14-37(26)29(38)24-16-22(25-11-6-7-13-33-25)15-23(17-24)27-35-36-30(39-27)31(2,32)18-21-9-4-3-5-10-21/h3-7,9-11,13,15-17,19,26H,8,12,14,18,32H2,1-2H3. The number of thiazole rings is 1. The third-order valence-electron chi connectivity index (χ3n) is 7.15. The molecule has 40 heavy (non-hydrogen) atoms. The average Bonchev–Trinajstić information content (AvgIpc) is 3.74. The Bertz CT molecular complexity index is 1630. The van der Waals surface area contributed by atoms with Crippen molar-refractivity contribution in [3.05, 3.63) is 106 Å². The number of aryl methyl sites for hydroxylation is 1. The number of hydrogen-bond acceptors (Lipinski definition) is 8. The van der Waals surface area contributed by atoms with Crippen molar-refractivity contribution in [1.82, 2.24) is 25.1 Å². The van der Waals surface area contributed by atoms with Crippen LogP contribution in [-0.4, -0.2) is 37.5 Å². The highest BCUT2D eigenvalue weighted by atomic mass is 32.1. The lowest BCUT2D eigenvalue weighted by molar-refractivity contribution is 0.0735. The minimum absolute atomic E-state index is 0.0286. The molecule has 1 aliphatic heterocycles. The molecule has 2 atom stereocenters. The minimum atomic E-state index is -0.863. The first-order valence-electron chi connectivity index (χ1n) is 13.3. The van der Waals surface area contributed by atoms with Crippen LogP contribution in [-0.2, 0) is 12.0 Å².